The second-order valence-electron chi connectivity index (χ2n) is 3.31. The largest absolute Gasteiger partial charge is 0.330 e. The molecule has 1 aliphatic rings. The van der Waals surface area contributed by atoms with E-state index in [-0.39, 0.29) is 26.9 Å². The third-order valence-corrected chi connectivity index (χ3v) is 1.78. The molecule has 1 nitrogen and oxygen atoms in total. The molecule has 0 saturated heterocycles. The minimum absolute atomic E-state index is 0. The first kappa shape index (κ1) is 11.3. The van der Waals surface area contributed by atoms with Crippen LogP contribution in [0.2, 0.25) is 0 Å². The van der Waals surface area contributed by atoms with E-state index in [1.54, 1.807) is 6.08 Å². The van der Waals surface area contributed by atoms with Gasteiger partial charge in [0.15, 0.2) is 0 Å². The topological polar surface area (TPSA) is 3.24 Å². The van der Waals surface area contributed by atoms with Crippen molar-refractivity contribution in [2.45, 2.75) is 6.92 Å². The van der Waals surface area contributed by atoms with Crippen LogP contribution in [-0.2, 0) is 21.1 Å². The van der Waals surface area contributed by atoms with E-state index in [1.165, 1.54) is 0 Å². The Morgan fingerprint density at radius 2 is 2.27 bits per heavy atom. The second-order valence-corrected chi connectivity index (χ2v) is 3.31. The van der Waals surface area contributed by atoms with Crippen LogP contribution >= 0.6 is 0 Å². The summed E-state index contributed by atoms with van der Waals surface area (Å²) in [4.78, 5) is 2.05. The Morgan fingerprint density at radius 3 is 2.64 bits per heavy atom. The molecule has 0 aromatic rings. The molecule has 0 spiro atoms. The van der Waals surface area contributed by atoms with Crippen LogP contribution in [0.3, 0.4) is 0 Å². The van der Waals surface area contributed by atoms with Gasteiger partial charge in [0, 0.05) is 27.6 Å². The zero-order valence-electron chi connectivity index (χ0n) is 6.93. The number of hydrogen-bond donors (Lipinski definition) is 0. The predicted octanol–water partition coefficient (Wildman–Crippen LogP) is 1.62. The molecule has 0 radical (unpaired) electrons. The Labute approximate surface area is 81.9 Å². The van der Waals surface area contributed by atoms with E-state index in [0.717, 1.165) is 0 Å². The molecule has 0 saturated carbocycles. The number of hydrogen-bond acceptors (Lipinski definition) is 1. The first-order chi connectivity index (χ1) is 4.52. The van der Waals surface area contributed by atoms with Crippen LogP contribution in [-0.4, -0.2) is 25.0 Å². The Morgan fingerprint density at radius 1 is 1.73 bits per heavy atom. The maximum Gasteiger partial charge on any atom is 0.0744 e. The summed E-state index contributed by atoms with van der Waals surface area (Å²) in [6.07, 6.45) is 1.59. The number of nitrogens with zero attached hydrogens (tertiary/aromatic N) is 1. The van der Waals surface area contributed by atoms with Crippen molar-refractivity contribution in [1.29, 1.82) is 0 Å². The number of likely N-dealkylation sites (N-methyl/N-ethyl adjacent to an activating group) is 1. The smallest absolute Gasteiger partial charge is 0.0744 e. The zero-order chi connectivity index (χ0) is 7.78. The maximum absolute atomic E-state index is 12.9. The van der Waals surface area contributed by atoms with Gasteiger partial charge >= 0.3 is 0 Å². The molecule has 0 bridgehead atoms. The van der Waals surface area contributed by atoms with Crippen molar-refractivity contribution in [2.24, 2.45) is 5.41 Å². The van der Waals surface area contributed by atoms with Gasteiger partial charge in [0.1, 0.15) is 0 Å². The molecule has 0 fully saturated rings. The zero-order valence-corrected chi connectivity index (χ0v) is 8.94. The van der Waals surface area contributed by atoms with Crippen molar-refractivity contribution in [2.75, 3.05) is 20.1 Å². The standard InChI is InChI=1S/C8H13FN.Mo/c1-8(2)6-10(3)5-4-7(8)9;/h4H,1,5-6H2,2-3H3;/q-1;/t8-;/m0./s1. The molecular formula is C8H13FMoN-. The molecule has 0 aliphatic carbocycles. The molecule has 0 amide bonds. The van der Waals surface area contributed by atoms with Gasteiger partial charge in [-0.25, -0.2) is 4.39 Å². The van der Waals surface area contributed by atoms with Gasteiger partial charge in [-0.1, -0.05) is 12.3 Å². The number of rotatable bonds is 0. The van der Waals surface area contributed by atoms with Crippen LogP contribution in [0.1, 0.15) is 6.92 Å². The van der Waals surface area contributed by atoms with Crippen molar-refractivity contribution in [3.63, 3.8) is 0 Å². The SMILES string of the molecule is [CH2-][C@]1(C)CN(C)CC=C1F.[Mo]. The molecule has 1 atom stereocenters. The first-order valence-corrected chi connectivity index (χ1v) is 3.42. The molecule has 64 valence electrons. The molecule has 0 aromatic heterocycles. The molecular weight excluding hydrogens is 225 g/mol. The van der Waals surface area contributed by atoms with Crippen molar-refractivity contribution in [1.82, 2.24) is 4.90 Å². The molecule has 11 heavy (non-hydrogen) atoms. The minimum Gasteiger partial charge on any atom is -0.330 e. The van der Waals surface area contributed by atoms with E-state index in [4.69, 9.17) is 0 Å². The Kier molecular flexibility index (Phi) is 3.93. The summed E-state index contributed by atoms with van der Waals surface area (Å²) >= 11 is 0. The van der Waals surface area contributed by atoms with Gasteiger partial charge in [-0.3, -0.25) is 0 Å². The third-order valence-electron chi connectivity index (χ3n) is 1.78. The monoisotopic (exact) mass is 240 g/mol. The van der Waals surface area contributed by atoms with Crippen molar-refractivity contribution in [3.8, 4) is 0 Å². The van der Waals surface area contributed by atoms with Crippen LogP contribution in [0.15, 0.2) is 11.9 Å². The van der Waals surface area contributed by atoms with Crippen molar-refractivity contribution >= 4 is 0 Å². The van der Waals surface area contributed by atoms with Crippen LogP contribution in [0.25, 0.3) is 0 Å². The maximum atomic E-state index is 12.9. The summed E-state index contributed by atoms with van der Waals surface area (Å²) in [7, 11) is 1.96. The van der Waals surface area contributed by atoms with Crippen LogP contribution in [0.5, 0.6) is 0 Å². The summed E-state index contributed by atoms with van der Waals surface area (Å²) in [5, 5.41) is 0. The average Bonchev–Trinajstić information content (AvgIpc) is 1.78. The van der Waals surface area contributed by atoms with E-state index in [2.05, 4.69) is 11.8 Å². The van der Waals surface area contributed by atoms with E-state index in [9.17, 15) is 4.39 Å². The van der Waals surface area contributed by atoms with Crippen molar-refractivity contribution in [3.05, 3.63) is 18.8 Å². The summed E-state index contributed by atoms with van der Waals surface area (Å²) in [6, 6.07) is 0. The molecule has 1 aliphatic heterocycles. The Bertz CT molecular complexity index is 165. The van der Waals surface area contributed by atoms with Crippen LogP contribution < -0.4 is 0 Å². The molecule has 0 aromatic carbocycles. The van der Waals surface area contributed by atoms with Gasteiger partial charge in [0.25, 0.3) is 0 Å². The van der Waals surface area contributed by atoms with E-state index < -0.39 is 5.41 Å². The van der Waals surface area contributed by atoms with Gasteiger partial charge in [-0.15, -0.1) is 0 Å². The van der Waals surface area contributed by atoms with E-state index in [0.29, 0.717) is 13.1 Å². The Balaban J connectivity index is 0.000001000. The van der Waals surface area contributed by atoms with Gasteiger partial charge in [0.2, 0.25) is 0 Å². The Hall–Kier alpha value is 0.318. The first-order valence-electron chi connectivity index (χ1n) is 3.42. The third kappa shape index (κ3) is 2.68. The summed E-state index contributed by atoms with van der Waals surface area (Å²) < 4.78 is 12.9. The molecule has 1 rings (SSSR count). The van der Waals surface area contributed by atoms with E-state index in [1.807, 2.05) is 14.0 Å². The fraction of sp³-hybridized carbons (Fsp3) is 0.625. The van der Waals surface area contributed by atoms with Crippen LogP contribution in [0.4, 0.5) is 4.39 Å². The fourth-order valence-corrected chi connectivity index (χ4v) is 1.22. The average molecular weight is 238 g/mol. The summed E-state index contributed by atoms with van der Waals surface area (Å²) in [5.74, 6) is -0.0781. The number of halogens is 1. The second kappa shape index (κ2) is 3.82. The normalized spacial score (nSPS) is 32.5. The quantitative estimate of drug-likeness (QED) is 0.458. The van der Waals surface area contributed by atoms with Crippen molar-refractivity contribution < 1.29 is 25.5 Å². The fourth-order valence-electron chi connectivity index (χ4n) is 1.22. The predicted molar refractivity (Wildman–Crippen MR) is 40.2 cm³/mol. The molecule has 0 unspecified atom stereocenters. The van der Waals surface area contributed by atoms with Crippen LogP contribution in [0, 0.1) is 12.3 Å². The van der Waals surface area contributed by atoms with Gasteiger partial charge in [-0.2, -0.15) is 0 Å². The summed E-state index contributed by atoms with van der Waals surface area (Å²) in [5.41, 5.74) is -0.521. The minimum atomic E-state index is -0.521. The summed E-state index contributed by atoms with van der Waals surface area (Å²) in [6.45, 7) is 7.00. The molecule has 3 heteroatoms. The van der Waals surface area contributed by atoms with Gasteiger partial charge in [0.05, 0.1) is 5.83 Å². The van der Waals surface area contributed by atoms with Gasteiger partial charge in [-0.05, 0) is 19.7 Å². The van der Waals surface area contributed by atoms with Gasteiger partial charge < -0.3 is 11.8 Å². The molecule has 1 heterocycles. The molecule has 0 N–H and O–H groups in total. The van der Waals surface area contributed by atoms with E-state index >= 15 is 0 Å².